The van der Waals surface area contributed by atoms with Crippen molar-refractivity contribution < 1.29 is 9.32 Å². The lowest BCUT2D eigenvalue weighted by atomic mass is 10.2. The molecule has 0 radical (unpaired) electrons. The van der Waals surface area contributed by atoms with Gasteiger partial charge in [-0.2, -0.15) is 4.98 Å². The Hall–Kier alpha value is -3.53. The molecule has 0 fully saturated rings. The van der Waals surface area contributed by atoms with E-state index in [1.807, 2.05) is 43.3 Å². The van der Waals surface area contributed by atoms with Gasteiger partial charge in [-0.1, -0.05) is 35.1 Å². The smallest absolute Gasteiger partial charge is 0.227 e. The summed E-state index contributed by atoms with van der Waals surface area (Å²) in [5, 5.41) is 14.5. The van der Waals surface area contributed by atoms with Crippen LogP contribution in [0.1, 0.15) is 23.7 Å². The average Bonchev–Trinajstić information content (AvgIpc) is 3.43. The molecule has 4 aromatic rings. The van der Waals surface area contributed by atoms with Crippen molar-refractivity contribution in [2.24, 2.45) is 0 Å². The number of amides is 1. The maximum Gasteiger partial charge on any atom is 0.227 e. The second kappa shape index (κ2) is 9.31. The highest BCUT2D eigenvalue weighted by Crippen LogP contribution is 2.21. The molecule has 30 heavy (non-hydrogen) atoms. The summed E-state index contributed by atoms with van der Waals surface area (Å²) < 4.78 is 5.24. The van der Waals surface area contributed by atoms with Gasteiger partial charge in [0.05, 0.1) is 5.75 Å². The van der Waals surface area contributed by atoms with E-state index in [1.165, 1.54) is 11.8 Å². The Morgan fingerprint density at radius 3 is 2.93 bits per heavy atom. The molecule has 0 atom stereocenters. The summed E-state index contributed by atoms with van der Waals surface area (Å²) in [7, 11) is 0. The van der Waals surface area contributed by atoms with E-state index in [4.69, 9.17) is 4.52 Å². The molecule has 1 amide bonds. The number of hydrogen-bond acceptors (Lipinski definition) is 8. The van der Waals surface area contributed by atoms with E-state index >= 15 is 0 Å². The van der Waals surface area contributed by atoms with Crippen LogP contribution in [0.25, 0.3) is 11.4 Å². The Morgan fingerprint density at radius 1 is 1.20 bits per heavy atom. The quantitative estimate of drug-likeness (QED) is 0.415. The van der Waals surface area contributed by atoms with Crippen LogP contribution < -0.4 is 5.32 Å². The minimum atomic E-state index is -0.0953. The topological polar surface area (TPSA) is 122 Å². The normalized spacial score (nSPS) is 10.8. The Labute approximate surface area is 176 Å². The number of pyridine rings is 1. The summed E-state index contributed by atoms with van der Waals surface area (Å²) in [6, 6.07) is 11.4. The number of para-hydroxylation sites is 1. The molecule has 0 aliphatic rings. The van der Waals surface area contributed by atoms with Gasteiger partial charge in [0.1, 0.15) is 0 Å². The summed E-state index contributed by atoms with van der Waals surface area (Å²) in [6.07, 6.45) is 4.06. The van der Waals surface area contributed by atoms with Crippen molar-refractivity contribution >= 4 is 23.4 Å². The molecule has 0 aliphatic carbocycles. The number of H-pyrrole nitrogens is 1. The van der Waals surface area contributed by atoms with Crippen molar-refractivity contribution in [1.82, 2.24) is 30.3 Å². The molecule has 10 heteroatoms. The van der Waals surface area contributed by atoms with Gasteiger partial charge in [0.25, 0.3) is 0 Å². The van der Waals surface area contributed by atoms with Gasteiger partial charge in [-0.25, -0.2) is 4.98 Å². The minimum absolute atomic E-state index is 0.0953. The van der Waals surface area contributed by atoms with E-state index in [0.717, 1.165) is 16.8 Å². The van der Waals surface area contributed by atoms with Crippen molar-refractivity contribution in [2.45, 2.75) is 30.7 Å². The van der Waals surface area contributed by atoms with Gasteiger partial charge in [-0.05, 0) is 30.7 Å². The first-order valence-corrected chi connectivity index (χ1v) is 10.3. The number of benzene rings is 1. The maximum atomic E-state index is 12.1. The molecule has 0 bridgehead atoms. The molecule has 3 aromatic heterocycles. The van der Waals surface area contributed by atoms with Crippen LogP contribution in [0.2, 0.25) is 0 Å². The van der Waals surface area contributed by atoms with Crippen LogP contribution in [0, 0.1) is 6.92 Å². The lowest BCUT2D eigenvalue weighted by molar-refractivity contribution is -0.116. The van der Waals surface area contributed by atoms with Crippen LogP contribution in [0.5, 0.6) is 0 Å². The Balaban J connectivity index is 1.26. The lowest BCUT2D eigenvalue weighted by Gasteiger charge is -2.06. The first kappa shape index (κ1) is 19.8. The van der Waals surface area contributed by atoms with E-state index in [1.54, 1.807) is 12.4 Å². The number of nitrogens with zero attached hydrogens (tertiary/aromatic N) is 5. The van der Waals surface area contributed by atoms with Crippen molar-refractivity contribution in [3.63, 3.8) is 0 Å². The average molecular weight is 421 g/mol. The lowest BCUT2D eigenvalue weighted by Crippen LogP contribution is -2.13. The highest BCUT2D eigenvalue weighted by molar-refractivity contribution is 7.98. The molecule has 0 spiro atoms. The van der Waals surface area contributed by atoms with Crippen LogP contribution in [-0.2, 0) is 17.0 Å². The number of hydrogen-bond donors (Lipinski definition) is 2. The maximum absolute atomic E-state index is 12.1. The Bertz CT molecular complexity index is 1130. The number of thioether (sulfide) groups is 1. The minimum Gasteiger partial charge on any atom is -0.339 e. The van der Waals surface area contributed by atoms with Crippen LogP contribution in [0.4, 0.5) is 5.69 Å². The monoisotopic (exact) mass is 421 g/mol. The molecule has 9 nitrogen and oxygen atoms in total. The number of carbonyl (C=O) groups excluding carboxylic acids is 1. The fraction of sp³-hybridized carbons (Fsp3) is 0.200. The zero-order valence-electron chi connectivity index (χ0n) is 16.2. The number of aromatic amines is 1. The van der Waals surface area contributed by atoms with Gasteiger partial charge in [-0.3, -0.25) is 14.9 Å². The number of aromatic nitrogens is 6. The van der Waals surface area contributed by atoms with Gasteiger partial charge < -0.3 is 9.84 Å². The van der Waals surface area contributed by atoms with E-state index in [2.05, 4.69) is 35.6 Å². The predicted molar refractivity (Wildman–Crippen MR) is 112 cm³/mol. The molecule has 0 aliphatic heterocycles. The SMILES string of the molecule is Cc1ccccc1NC(=O)CCc1nc(CSc2n[nH]c(-c3cccnc3)n2)no1. The molecule has 2 N–H and O–H groups in total. The molecular weight excluding hydrogens is 402 g/mol. The number of anilines is 1. The fourth-order valence-corrected chi connectivity index (χ4v) is 3.31. The third-order valence-corrected chi connectivity index (χ3v) is 5.07. The fourth-order valence-electron chi connectivity index (χ4n) is 2.67. The van der Waals surface area contributed by atoms with Gasteiger partial charge in [0.2, 0.25) is 17.0 Å². The molecule has 3 heterocycles. The van der Waals surface area contributed by atoms with Crippen LogP contribution in [0.3, 0.4) is 0 Å². The second-order valence-electron chi connectivity index (χ2n) is 6.46. The summed E-state index contributed by atoms with van der Waals surface area (Å²) in [5.41, 5.74) is 2.69. The molecule has 4 rings (SSSR count). The summed E-state index contributed by atoms with van der Waals surface area (Å²) in [4.78, 5) is 25.0. The molecule has 152 valence electrons. The van der Waals surface area contributed by atoms with Crippen molar-refractivity contribution in [2.75, 3.05) is 5.32 Å². The first-order valence-electron chi connectivity index (χ1n) is 9.30. The number of rotatable bonds is 8. The van der Waals surface area contributed by atoms with Crippen LogP contribution >= 0.6 is 11.8 Å². The van der Waals surface area contributed by atoms with Crippen molar-refractivity contribution in [1.29, 1.82) is 0 Å². The summed E-state index contributed by atoms with van der Waals surface area (Å²) in [6.45, 7) is 1.95. The Kier molecular flexibility index (Phi) is 6.14. The molecule has 0 saturated carbocycles. The van der Waals surface area contributed by atoms with Crippen molar-refractivity contribution in [3.05, 3.63) is 66.1 Å². The van der Waals surface area contributed by atoms with Crippen LogP contribution in [-0.4, -0.2) is 36.2 Å². The largest absolute Gasteiger partial charge is 0.339 e. The van der Waals surface area contributed by atoms with E-state index in [-0.39, 0.29) is 12.3 Å². The number of nitrogens with one attached hydrogen (secondary N) is 2. The van der Waals surface area contributed by atoms with E-state index in [0.29, 0.717) is 34.9 Å². The third-order valence-electron chi connectivity index (χ3n) is 4.23. The van der Waals surface area contributed by atoms with Crippen LogP contribution in [0.15, 0.2) is 58.5 Å². The highest BCUT2D eigenvalue weighted by atomic mass is 32.2. The second-order valence-corrected chi connectivity index (χ2v) is 7.41. The van der Waals surface area contributed by atoms with E-state index < -0.39 is 0 Å². The number of carbonyl (C=O) groups is 1. The van der Waals surface area contributed by atoms with Gasteiger partial charge in [0, 0.05) is 36.5 Å². The van der Waals surface area contributed by atoms with Gasteiger partial charge in [-0.15, -0.1) is 5.10 Å². The third kappa shape index (κ3) is 5.09. The summed E-state index contributed by atoms with van der Waals surface area (Å²) in [5.74, 6) is 1.98. The van der Waals surface area contributed by atoms with Gasteiger partial charge in [0.15, 0.2) is 11.6 Å². The molecule has 0 saturated heterocycles. The highest BCUT2D eigenvalue weighted by Gasteiger charge is 2.12. The zero-order valence-corrected chi connectivity index (χ0v) is 17.0. The molecular formula is C20H19N7O2S. The van der Waals surface area contributed by atoms with E-state index in [9.17, 15) is 4.79 Å². The molecule has 1 aromatic carbocycles. The Morgan fingerprint density at radius 2 is 2.10 bits per heavy atom. The van der Waals surface area contributed by atoms with Crippen molar-refractivity contribution in [3.8, 4) is 11.4 Å². The molecule has 0 unspecified atom stereocenters. The zero-order chi connectivity index (χ0) is 20.8. The summed E-state index contributed by atoms with van der Waals surface area (Å²) >= 11 is 1.39. The van der Waals surface area contributed by atoms with Gasteiger partial charge >= 0.3 is 0 Å². The standard InChI is InChI=1S/C20H19N7O2S/c1-13-5-2-3-7-15(13)22-17(28)8-9-18-23-16(27-29-18)12-30-20-24-19(25-26-20)14-6-4-10-21-11-14/h2-7,10-11H,8-9,12H2,1H3,(H,22,28)(H,24,25,26). The number of aryl methyl sites for hydroxylation is 2. The predicted octanol–water partition coefficient (Wildman–Crippen LogP) is 3.42. The first-order chi connectivity index (χ1) is 14.7.